The molecule has 1 aliphatic heterocycles. The largest absolute Gasteiger partial charge is 0.454 e. The Morgan fingerprint density at radius 1 is 1.54 bits per heavy atom. The topological polar surface area (TPSA) is 52.3 Å². The van der Waals surface area contributed by atoms with Crippen LogP contribution in [0.25, 0.3) is 0 Å². The number of rotatable bonds is 0. The van der Waals surface area contributed by atoms with E-state index in [-0.39, 0.29) is 12.1 Å². The van der Waals surface area contributed by atoms with E-state index < -0.39 is 0 Å². The molecule has 2 rings (SSSR count). The van der Waals surface area contributed by atoms with E-state index in [1.54, 1.807) is 0 Å². The molecule has 1 heterocycles. The second-order valence-electron chi connectivity index (χ2n) is 2.97. The smallest absolute Gasteiger partial charge is 0.341 e. The predicted octanol–water partition coefficient (Wildman–Crippen LogP) is 2.26. The van der Waals surface area contributed by atoms with Gasteiger partial charge in [0.15, 0.2) is 0 Å². The van der Waals surface area contributed by atoms with Crippen LogP contribution in [0.1, 0.15) is 28.9 Å². The van der Waals surface area contributed by atoms with Gasteiger partial charge in [0.2, 0.25) is 0 Å². The van der Waals surface area contributed by atoms with Gasteiger partial charge in [0.25, 0.3) is 0 Å². The van der Waals surface area contributed by atoms with Gasteiger partial charge in [0.05, 0.1) is 11.3 Å². The highest BCUT2D eigenvalue weighted by Gasteiger charge is 2.30. The fourth-order valence-electron chi connectivity index (χ4n) is 1.46. The number of halogens is 1. The molecule has 0 saturated heterocycles. The first-order chi connectivity index (χ1) is 6.11. The molecule has 0 spiro atoms. The standard InChI is InChI=1S/C9H8BrNO2/c1-4-5-2-3-6(10)8(11)7(5)9(12)13-4/h2-4H,11H2,1H3. The molecule has 0 radical (unpaired) electrons. The number of benzene rings is 1. The van der Waals surface area contributed by atoms with Crippen LogP contribution in [-0.4, -0.2) is 5.97 Å². The highest BCUT2D eigenvalue weighted by molar-refractivity contribution is 9.10. The van der Waals surface area contributed by atoms with Gasteiger partial charge in [-0.25, -0.2) is 4.79 Å². The number of nitrogen functional groups attached to an aromatic ring is 1. The van der Waals surface area contributed by atoms with E-state index in [2.05, 4.69) is 15.9 Å². The number of cyclic esters (lactones) is 1. The fourth-order valence-corrected chi connectivity index (χ4v) is 1.79. The third-order valence-corrected chi connectivity index (χ3v) is 2.84. The van der Waals surface area contributed by atoms with Crippen molar-refractivity contribution in [1.29, 1.82) is 0 Å². The van der Waals surface area contributed by atoms with E-state index in [0.29, 0.717) is 11.3 Å². The minimum Gasteiger partial charge on any atom is -0.454 e. The molecular formula is C9H8BrNO2. The fraction of sp³-hybridized carbons (Fsp3) is 0.222. The Morgan fingerprint density at radius 2 is 2.23 bits per heavy atom. The summed E-state index contributed by atoms with van der Waals surface area (Å²) >= 11 is 3.26. The van der Waals surface area contributed by atoms with E-state index in [1.165, 1.54) is 0 Å². The molecule has 1 unspecified atom stereocenters. The van der Waals surface area contributed by atoms with E-state index in [0.717, 1.165) is 10.0 Å². The number of nitrogens with two attached hydrogens (primary N) is 1. The quantitative estimate of drug-likeness (QED) is 0.560. The summed E-state index contributed by atoms with van der Waals surface area (Å²) in [4.78, 5) is 11.3. The van der Waals surface area contributed by atoms with E-state index in [1.807, 2.05) is 19.1 Å². The van der Waals surface area contributed by atoms with Gasteiger partial charge in [-0.15, -0.1) is 0 Å². The molecule has 4 heteroatoms. The summed E-state index contributed by atoms with van der Waals surface area (Å²) in [5.74, 6) is -0.332. The van der Waals surface area contributed by atoms with Crippen molar-refractivity contribution in [2.45, 2.75) is 13.0 Å². The van der Waals surface area contributed by atoms with E-state index >= 15 is 0 Å². The molecule has 0 aliphatic carbocycles. The molecule has 2 N–H and O–H groups in total. The van der Waals surface area contributed by atoms with Gasteiger partial charge in [-0.2, -0.15) is 0 Å². The normalized spacial score (nSPS) is 19.8. The van der Waals surface area contributed by atoms with Crippen LogP contribution in [0.5, 0.6) is 0 Å². The van der Waals surface area contributed by atoms with Crippen molar-refractivity contribution in [3.8, 4) is 0 Å². The summed E-state index contributed by atoms with van der Waals surface area (Å²) in [6.45, 7) is 1.83. The van der Waals surface area contributed by atoms with Gasteiger partial charge < -0.3 is 10.5 Å². The van der Waals surface area contributed by atoms with Crippen molar-refractivity contribution >= 4 is 27.6 Å². The zero-order valence-electron chi connectivity index (χ0n) is 7.00. The van der Waals surface area contributed by atoms with Crippen molar-refractivity contribution in [1.82, 2.24) is 0 Å². The zero-order chi connectivity index (χ0) is 9.59. The Hall–Kier alpha value is -1.03. The Bertz CT molecular complexity index is 389. The average molecular weight is 242 g/mol. The van der Waals surface area contributed by atoms with E-state index in [4.69, 9.17) is 10.5 Å². The lowest BCUT2D eigenvalue weighted by atomic mass is 10.0. The maximum absolute atomic E-state index is 11.3. The second-order valence-corrected chi connectivity index (χ2v) is 3.83. The van der Waals surface area contributed by atoms with Crippen LogP contribution in [-0.2, 0) is 4.74 Å². The SMILES string of the molecule is CC1OC(=O)c2c1ccc(Br)c2N. The van der Waals surface area contributed by atoms with Crippen molar-refractivity contribution in [3.63, 3.8) is 0 Å². The highest BCUT2D eigenvalue weighted by atomic mass is 79.9. The molecule has 0 aromatic heterocycles. The van der Waals surface area contributed by atoms with Gasteiger partial charge in [-0.05, 0) is 28.9 Å². The first-order valence-electron chi connectivity index (χ1n) is 3.90. The first-order valence-corrected chi connectivity index (χ1v) is 4.69. The number of carbonyl (C=O) groups excluding carboxylic acids is 1. The summed E-state index contributed by atoms with van der Waals surface area (Å²) in [5.41, 5.74) is 7.57. The third-order valence-electron chi connectivity index (χ3n) is 2.15. The Balaban J connectivity index is 2.71. The number of fused-ring (bicyclic) bond motifs is 1. The lowest BCUT2D eigenvalue weighted by Gasteiger charge is -2.03. The predicted molar refractivity (Wildman–Crippen MR) is 52.4 cm³/mol. The molecule has 0 bridgehead atoms. The zero-order valence-corrected chi connectivity index (χ0v) is 8.59. The Labute approximate surface area is 84.0 Å². The second kappa shape index (κ2) is 2.73. The summed E-state index contributed by atoms with van der Waals surface area (Å²) in [6.07, 6.45) is -0.183. The minimum absolute atomic E-state index is 0.183. The van der Waals surface area contributed by atoms with E-state index in [9.17, 15) is 4.79 Å². The van der Waals surface area contributed by atoms with Crippen LogP contribution >= 0.6 is 15.9 Å². The molecule has 1 aromatic carbocycles. The maximum atomic E-state index is 11.3. The molecule has 1 atom stereocenters. The van der Waals surface area contributed by atoms with Crippen LogP contribution in [0.15, 0.2) is 16.6 Å². The number of carbonyl (C=O) groups is 1. The van der Waals surface area contributed by atoms with Crippen molar-refractivity contribution in [3.05, 3.63) is 27.7 Å². The monoisotopic (exact) mass is 241 g/mol. The highest BCUT2D eigenvalue weighted by Crippen LogP contribution is 2.36. The summed E-state index contributed by atoms with van der Waals surface area (Å²) in [6, 6.07) is 3.68. The van der Waals surface area contributed by atoms with Gasteiger partial charge in [-0.3, -0.25) is 0 Å². The van der Waals surface area contributed by atoms with Gasteiger partial charge in [0.1, 0.15) is 6.10 Å². The summed E-state index contributed by atoms with van der Waals surface area (Å²) < 4.78 is 5.76. The summed E-state index contributed by atoms with van der Waals surface area (Å²) in [7, 11) is 0. The molecule has 13 heavy (non-hydrogen) atoms. The van der Waals surface area contributed by atoms with Crippen LogP contribution in [0.3, 0.4) is 0 Å². The third kappa shape index (κ3) is 1.13. The molecule has 0 amide bonds. The minimum atomic E-state index is -0.332. The molecule has 1 aromatic rings. The van der Waals surface area contributed by atoms with Crippen LogP contribution in [0, 0.1) is 0 Å². The lowest BCUT2D eigenvalue weighted by molar-refractivity contribution is 0.0422. The molecular weight excluding hydrogens is 234 g/mol. The van der Waals surface area contributed by atoms with Gasteiger partial charge >= 0.3 is 5.97 Å². The van der Waals surface area contributed by atoms with Crippen molar-refractivity contribution in [2.24, 2.45) is 0 Å². The number of esters is 1. The Kier molecular flexibility index (Phi) is 1.80. The summed E-state index contributed by atoms with van der Waals surface area (Å²) in [5, 5.41) is 0. The molecule has 1 aliphatic rings. The first kappa shape index (κ1) is 8.56. The number of hydrogen-bond donors (Lipinski definition) is 1. The van der Waals surface area contributed by atoms with Crippen LogP contribution in [0.2, 0.25) is 0 Å². The molecule has 3 nitrogen and oxygen atoms in total. The van der Waals surface area contributed by atoms with Gasteiger partial charge in [0, 0.05) is 10.0 Å². The van der Waals surface area contributed by atoms with Crippen molar-refractivity contribution < 1.29 is 9.53 Å². The van der Waals surface area contributed by atoms with Crippen LogP contribution in [0.4, 0.5) is 5.69 Å². The molecule has 0 fully saturated rings. The van der Waals surface area contributed by atoms with Gasteiger partial charge in [-0.1, -0.05) is 6.07 Å². The average Bonchev–Trinajstić information content (AvgIpc) is 2.35. The van der Waals surface area contributed by atoms with Crippen LogP contribution < -0.4 is 5.73 Å². The lowest BCUT2D eigenvalue weighted by Crippen LogP contribution is -2.00. The number of hydrogen-bond acceptors (Lipinski definition) is 3. The van der Waals surface area contributed by atoms with Crippen molar-refractivity contribution in [2.75, 3.05) is 5.73 Å². The maximum Gasteiger partial charge on any atom is 0.341 e. The molecule has 68 valence electrons. The Morgan fingerprint density at radius 3 is 2.92 bits per heavy atom. The number of ether oxygens (including phenoxy) is 1. The number of anilines is 1. The molecule has 0 saturated carbocycles.